The van der Waals surface area contributed by atoms with Gasteiger partial charge < -0.3 is 14.8 Å². The molecule has 0 aromatic rings. The van der Waals surface area contributed by atoms with Crippen LogP contribution in [0, 0.1) is 0 Å². The Morgan fingerprint density at radius 2 is 2.06 bits per heavy atom. The molecule has 1 unspecified atom stereocenters. The summed E-state index contributed by atoms with van der Waals surface area (Å²) in [6, 6.07) is 0. The third-order valence-electron chi connectivity index (χ3n) is 3.04. The van der Waals surface area contributed by atoms with Gasteiger partial charge in [0.1, 0.15) is 0 Å². The molecular formula is C13H27NO2. The van der Waals surface area contributed by atoms with Gasteiger partial charge in [0.25, 0.3) is 0 Å². The minimum atomic E-state index is 0.373. The number of ether oxygens (including phenoxy) is 2. The van der Waals surface area contributed by atoms with Crippen LogP contribution in [0.5, 0.6) is 0 Å². The maximum atomic E-state index is 5.64. The van der Waals surface area contributed by atoms with Gasteiger partial charge in [-0.05, 0) is 45.7 Å². The molecular weight excluding hydrogens is 202 g/mol. The van der Waals surface area contributed by atoms with Crippen LogP contribution in [-0.2, 0) is 9.47 Å². The molecule has 1 fully saturated rings. The zero-order chi connectivity index (χ0) is 11.5. The molecule has 1 aliphatic heterocycles. The average molecular weight is 229 g/mol. The molecule has 0 amide bonds. The fourth-order valence-electron chi connectivity index (χ4n) is 2.01. The van der Waals surface area contributed by atoms with Gasteiger partial charge in [-0.15, -0.1) is 0 Å². The van der Waals surface area contributed by atoms with E-state index >= 15 is 0 Å². The summed E-state index contributed by atoms with van der Waals surface area (Å²) in [7, 11) is 2.01. The van der Waals surface area contributed by atoms with Crippen molar-refractivity contribution in [3.05, 3.63) is 0 Å². The molecule has 1 saturated heterocycles. The molecule has 0 saturated carbocycles. The monoisotopic (exact) mass is 229 g/mol. The zero-order valence-corrected chi connectivity index (χ0v) is 10.7. The Balaban J connectivity index is 1.77. The van der Waals surface area contributed by atoms with Crippen LogP contribution in [0.25, 0.3) is 0 Å². The van der Waals surface area contributed by atoms with Crippen molar-refractivity contribution in [2.45, 2.75) is 51.0 Å². The van der Waals surface area contributed by atoms with Gasteiger partial charge in [-0.25, -0.2) is 0 Å². The van der Waals surface area contributed by atoms with E-state index in [1.807, 2.05) is 7.05 Å². The van der Waals surface area contributed by atoms with Crippen LogP contribution < -0.4 is 5.32 Å². The lowest BCUT2D eigenvalue weighted by molar-refractivity contribution is -0.0411. The molecule has 0 aromatic heterocycles. The smallest absolute Gasteiger partial charge is 0.0808 e. The lowest BCUT2D eigenvalue weighted by Crippen LogP contribution is -2.24. The van der Waals surface area contributed by atoms with Gasteiger partial charge in [0, 0.05) is 13.2 Å². The van der Waals surface area contributed by atoms with Gasteiger partial charge in [-0.3, -0.25) is 0 Å². The summed E-state index contributed by atoms with van der Waals surface area (Å²) in [5.74, 6) is 0. The number of hydrogen-bond donors (Lipinski definition) is 1. The van der Waals surface area contributed by atoms with Crippen LogP contribution in [0.3, 0.4) is 0 Å². The van der Waals surface area contributed by atoms with Crippen LogP contribution >= 0.6 is 0 Å². The summed E-state index contributed by atoms with van der Waals surface area (Å²) in [6.07, 6.45) is 9.15. The highest BCUT2D eigenvalue weighted by molar-refractivity contribution is 4.62. The van der Waals surface area contributed by atoms with E-state index in [1.165, 1.54) is 44.9 Å². The van der Waals surface area contributed by atoms with Crippen LogP contribution in [0.4, 0.5) is 0 Å². The summed E-state index contributed by atoms with van der Waals surface area (Å²) in [6.45, 7) is 3.77. The third kappa shape index (κ3) is 7.20. The first-order chi connectivity index (χ1) is 7.93. The second-order valence-electron chi connectivity index (χ2n) is 4.58. The Labute approximate surface area is 99.9 Å². The molecule has 0 spiro atoms. The van der Waals surface area contributed by atoms with E-state index in [0.717, 1.165) is 26.4 Å². The fraction of sp³-hybridized carbons (Fsp3) is 1.00. The first-order valence-electron chi connectivity index (χ1n) is 6.77. The average Bonchev–Trinajstić information content (AvgIpc) is 2.34. The SMILES string of the molecule is CNCCCCCCOCC1CCCCO1. The molecule has 1 aliphatic rings. The van der Waals surface area contributed by atoms with Crippen LogP contribution in [0.15, 0.2) is 0 Å². The molecule has 0 aromatic carbocycles. The van der Waals surface area contributed by atoms with E-state index in [-0.39, 0.29) is 0 Å². The topological polar surface area (TPSA) is 30.5 Å². The molecule has 1 atom stereocenters. The molecule has 0 bridgehead atoms. The molecule has 0 radical (unpaired) electrons. The van der Waals surface area contributed by atoms with Gasteiger partial charge >= 0.3 is 0 Å². The fourth-order valence-corrected chi connectivity index (χ4v) is 2.01. The van der Waals surface area contributed by atoms with Gasteiger partial charge in [-0.2, -0.15) is 0 Å². The Kier molecular flexibility index (Phi) is 8.77. The van der Waals surface area contributed by atoms with E-state index in [2.05, 4.69) is 5.32 Å². The molecule has 1 rings (SSSR count). The van der Waals surface area contributed by atoms with Crippen molar-refractivity contribution in [2.24, 2.45) is 0 Å². The van der Waals surface area contributed by atoms with Crippen molar-refractivity contribution in [2.75, 3.05) is 33.4 Å². The van der Waals surface area contributed by atoms with Crippen molar-refractivity contribution in [3.8, 4) is 0 Å². The summed E-state index contributed by atoms with van der Waals surface area (Å²) >= 11 is 0. The van der Waals surface area contributed by atoms with Gasteiger partial charge in [0.15, 0.2) is 0 Å². The van der Waals surface area contributed by atoms with Crippen LogP contribution in [-0.4, -0.2) is 39.5 Å². The van der Waals surface area contributed by atoms with E-state index in [1.54, 1.807) is 0 Å². The number of unbranched alkanes of at least 4 members (excludes halogenated alkanes) is 3. The van der Waals surface area contributed by atoms with Crippen molar-refractivity contribution >= 4 is 0 Å². The highest BCUT2D eigenvalue weighted by Crippen LogP contribution is 2.12. The predicted octanol–water partition coefficient (Wildman–Crippen LogP) is 2.35. The highest BCUT2D eigenvalue weighted by Gasteiger charge is 2.13. The Bertz CT molecular complexity index is 147. The van der Waals surface area contributed by atoms with E-state index < -0.39 is 0 Å². The quantitative estimate of drug-likeness (QED) is 0.616. The minimum Gasteiger partial charge on any atom is -0.379 e. The third-order valence-corrected chi connectivity index (χ3v) is 3.04. The summed E-state index contributed by atoms with van der Waals surface area (Å²) in [5, 5.41) is 3.16. The Morgan fingerprint density at radius 1 is 1.19 bits per heavy atom. The minimum absolute atomic E-state index is 0.373. The van der Waals surface area contributed by atoms with E-state index in [4.69, 9.17) is 9.47 Å². The van der Waals surface area contributed by atoms with Crippen LogP contribution in [0.1, 0.15) is 44.9 Å². The maximum Gasteiger partial charge on any atom is 0.0808 e. The van der Waals surface area contributed by atoms with E-state index in [9.17, 15) is 0 Å². The van der Waals surface area contributed by atoms with Gasteiger partial charge in [0.05, 0.1) is 12.7 Å². The van der Waals surface area contributed by atoms with Crippen molar-refractivity contribution in [1.29, 1.82) is 0 Å². The lowest BCUT2D eigenvalue weighted by Gasteiger charge is -2.22. The molecule has 0 aliphatic carbocycles. The normalized spacial score (nSPS) is 21.2. The van der Waals surface area contributed by atoms with Crippen LogP contribution in [0.2, 0.25) is 0 Å². The second-order valence-corrected chi connectivity index (χ2v) is 4.58. The molecule has 3 heteroatoms. The molecule has 16 heavy (non-hydrogen) atoms. The molecule has 1 heterocycles. The first-order valence-corrected chi connectivity index (χ1v) is 6.77. The lowest BCUT2D eigenvalue weighted by atomic mass is 10.1. The maximum absolute atomic E-state index is 5.64. The summed E-state index contributed by atoms with van der Waals surface area (Å²) in [4.78, 5) is 0. The summed E-state index contributed by atoms with van der Waals surface area (Å²) in [5.41, 5.74) is 0. The summed E-state index contributed by atoms with van der Waals surface area (Å²) < 4.78 is 11.2. The first kappa shape index (κ1) is 13.9. The highest BCUT2D eigenvalue weighted by atomic mass is 16.5. The van der Waals surface area contributed by atoms with Crippen molar-refractivity contribution in [3.63, 3.8) is 0 Å². The van der Waals surface area contributed by atoms with Crippen molar-refractivity contribution < 1.29 is 9.47 Å². The molecule has 1 N–H and O–H groups in total. The second kappa shape index (κ2) is 10.1. The number of hydrogen-bond acceptors (Lipinski definition) is 3. The van der Waals surface area contributed by atoms with Gasteiger partial charge in [-0.1, -0.05) is 12.8 Å². The molecule has 3 nitrogen and oxygen atoms in total. The van der Waals surface area contributed by atoms with Crippen molar-refractivity contribution in [1.82, 2.24) is 5.32 Å². The standard InChI is InChI=1S/C13H27NO2/c1-14-9-5-2-3-6-10-15-12-13-8-4-7-11-16-13/h13-14H,2-12H2,1H3. The Morgan fingerprint density at radius 3 is 2.81 bits per heavy atom. The zero-order valence-electron chi connectivity index (χ0n) is 10.7. The number of nitrogens with one attached hydrogen (secondary N) is 1. The van der Waals surface area contributed by atoms with E-state index in [0.29, 0.717) is 6.10 Å². The Hall–Kier alpha value is -0.120. The van der Waals surface area contributed by atoms with Gasteiger partial charge in [0.2, 0.25) is 0 Å². The predicted molar refractivity (Wildman–Crippen MR) is 66.8 cm³/mol. The number of rotatable bonds is 9. The molecule has 96 valence electrons. The largest absolute Gasteiger partial charge is 0.379 e.